The summed E-state index contributed by atoms with van der Waals surface area (Å²) in [7, 11) is 0. The van der Waals surface area contributed by atoms with Gasteiger partial charge in [0.1, 0.15) is 6.04 Å². The number of esters is 1. The molecular formula is C11H19N3O2. The smallest absolute Gasteiger partial charge is 0.323 e. The van der Waals surface area contributed by atoms with E-state index in [1.54, 1.807) is 12.5 Å². The third-order valence-electron chi connectivity index (χ3n) is 2.30. The first-order valence-corrected chi connectivity index (χ1v) is 5.63. The Labute approximate surface area is 95.8 Å². The van der Waals surface area contributed by atoms with E-state index in [4.69, 9.17) is 4.74 Å². The van der Waals surface area contributed by atoms with Crippen LogP contribution in [0.25, 0.3) is 0 Å². The van der Waals surface area contributed by atoms with Gasteiger partial charge in [0, 0.05) is 25.5 Å². The molecule has 0 amide bonds. The van der Waals surface area contributed by atoms with Crippen LogP contribution in [0, 0.1) is 0 Å². The summed E-state index contributed by atoms with van der Waals surface area (Å²) in [5, 5.41) is 3.17. The second kappa shape index (κ2) is 7.00. The van der Waals surface area contributed by atoms with Crippen molar-refractivity contribution in [3.8, 4) is 0 Å². The molecule has 1 N–H and O–H groups in total. The zero-order valence-electron chi connectivity index (χ0n) is 9.85. The van der Waals surface area contributed by atoms with Gasteiger partial charge >= 0.3 is 5.97 Å². The molecular weight excluding hydrogens is 206 g/mol. The number of nitrogens with one attached hydrogen (secondary N) is 1. The lowest BCUT2D eigenvalue weighted by Crippen LogP contribution is -2.39. The van der Waals surface area contributed by atoms with Gasteiger partial charge in [-0.1, -0.05) is 6.92 Å². The number of hydrogen-bond donors (Lipinski definition) is 1. The average Bonchev–Trinajstić information content (AvgIpc) is 2.77. The molecule has 16 heavy (non-hydrogen) atoms. The molecule has 1 unspecified atom stereocenters. The van der Waals surface area contributed by atoms with Crippen LogP contribution in [0.15, 0.2) is 18.7 Å². The molecule has 5 nitrogen and oxygen atoms in total. The maximum absolute atomic E-state index is 11.5. The third kappa shape index (κ3) is 4.02. The van der Waals surface area contributed by atoms with E-state index < -0.39 is 0 Å². The summed E-state index contributed by atoms with van der Waals surface area (Å²) in [6, 6.07) is -0.205. The minimum atomic E-state index is -0.205. The Balaban J connectivity index is 2.26. The Hall–Kier alpha value is -1.36. The van der Waals surface area contributed by atoms with Crippen molar-refractivity contribution in [1.82, 2.24) is 14.9 Å². The molecule has 0 aromatic carbocycles. The molecule has 1 aromatic rings. The number of rotatable bonds is 7. The number of carbonyl (C=O) groups is 1. The van der Waals surface area contributed by atoms with E-state index in [1.165, 1.54) is 0 Å². The molecule has 0 aliphatic carbocycles. The zero-order valence-corrected chi connectivity index (χ0v) is 9.85. The summed E-state index contributed by atoms with van der Waals surface area (Å²) in [4.78, 5) is 15.4. The number of imidazole rings is 1. The van der Waals surface area contributed by atoms with E-state index in [0.717, 1.165) is 19.5 Å². The lowest BCUT2D eigenvalue weighted by Gasteiger charge is -2.15. The van der Waals surface area contributed by atoms with Gasteiger partial charge in [0.2, 0.25) is 0 Å². The fourth-order valence-corrected chi connectivity index (χ4v) is 1.42. The zero-order chi connectivity index (χ0) is 11.8. The maximum Gasteiger partial charge on any atom is 0.323 e. The number of aromatic nitrogens is 2. The van der Waals surface area contributed by atoms with Gasteiger partial charge < -0.3 is 14.6 Å². The number of nitrogens with zero attached hydrogens (tertiary/aromatic N) is 2. The predicted octanol–water partition coefficient (Wildman–Crippen LogP) is 0.814. The molecule has 1 aromatic heterocycles. The Bertz CT molecular complexity index is 298. The first-order chi connectivity index (χ1) is 7.77. The molecule has 1 heterocycles. The highest BCUT2D eigenvalue weighted by atomic mass is 16.5. The van der Waals surface area contributed by atoms with Gasteiger partial charge in [0.05, 0.1) is 12.9 Å². The van der Waals surface area contributed by atoms with E-state index in [1.807, 2.05) is 24.6 Å². The molecule has 0 aliphatic heterocycles. The van der Waals surface area contributed by atoms with Crippen molar-refractivity contribution in [2.75, 3.05) is 13.2 Å². The van der Waals surface area contributed by atoms with Crippen molar-refractivity contribution in [3.63, 3.8) is 0 Å². The van der Waals surface area contributed by atoms with Gasteiger partial charge in [-0.05, 0) is 13.3 Å². The summed E-state index contributed by atoms with van der Waals surface area (Å²) >= 11 is 0. The van der Waals surface area contributed by atoms with Gasteiger partial charge in [-0.3, -0.25) is 4.79 Å². The van der Waals surface area contributed by atoms with Crippen LogP contribution in [0.4, 0.5) is 0 Å². The molecule has 0 aliphatic rings. The van der Waals surface area contributed by atoms with E-state index in [0.29, 0.717) is 6.61 Å². The van der Waals surface area contributed by atoms with Crippen LogP contribution in [0.3, 0.4) is 0 Å². The van der Waals surface area contributed by atoms with Crippen LogP contribution in [0.5, 0.6) is 0 Å². The topological polar surface area (TPSA) is 56.1 Å². The van der Waals surface area contributed by atoms with E-state index >= 15 is 0 Å². The van der Waals surface area contributed by atoms with Gasteiger partial charge in [-0.2, -0.15) is 0 Å². The predicted molar refractivity (Wildman–Crippen MR) is 60.9 cm³/mol. The van der Waals surface area contributed by atoms with Gasteiger partial charge in [0.15, 0.2) is 0 Å². The van der Waals surface area contributed by atoms with E-state index in [2.05, 4.69) is 10.3 Å². The lowest BCUT2D eigenvalue weighted by atomic mass is 10.2. The van der Waals surface area contributed by atoms with Crippen molar-refractivity contribution in [2.45, 2.75) is 32.9 Å². The first-order valence-electron chi connectivity index (χ1n) is 5.63. The minimum absolute atomic E-state index is 0.171. The van der Waals surface area contributed by atoms with Crippen molar-refractivity contribution in [2.24, 2.45) is 0 Å². The standard InChI is InChI=1S/C11H19N3O2/c1-3-10(11(15)16-4-2)13-6-8-14-7-5-12-9-14/h5,7,9-10,13H,3-4,6,8H2,1-2H3. The second-order valence-electron chi connectivity index (χ2n) is 3.47. The van der Waals surface area contributed by atoms with Crippen molar-refractivity contribution in [3.05, 3.63) is 18.7 Å². The molecule has 0 saturated carbocycles. The third-order valence-corrected chi connectivity index (χ3v) is 2.30. The molecule has 0 spiro atoms. The molecule has 90 valence electrons. The van der Waals surface area contributed by atoms with Crippen LogP contribution < -0.4 is 5.32 Å². The first kappa shape index (κ1) is 12.7. The van der Waals surface area contributed by atoms with Crippen LogP contribution >= 0.6 is 0 Å². The normalized spacial score (nSPS) is 12.4. The largest absolute Gasteiger partial charge is 0.465 e. The molecule has 1 rings (SSSR count). The fourth-order valence-electron chi connectivity index (χ4n) is 1.42. The van der Waals surface area contributed by atoms with E-state index in [9.17, 15) is 4.79 Å². The SMILES string of the molecule is CCOC(=O)C(CC)NCCn1ccnc1. The quantitative estimate of drug-likeness (QED) is 0.698. The van der Waals surface area contributed by atoms with Gasteiger partial charge in [0.25, 0.3) is 0 Å². The Morgan fingerprint density at radius 1 is 1.56 bits per heavy atom. The van der Waals surface area contributed by atoms with Gasteiger partial charge in [-0.25, -0.2) is 4.98 Å². The van der Waals surface area contributed by atoms with Crippen LogP contribution in [0.2, 0.25) is 0 Å². The average molecular weight is 225 g/mol. The maximum atomic E-state index is 11.5. The number of ether oxygens (including phenoxy) is 1. The summed E-state index contributed by atoms with van der Waals surface area (Å²) in [5.41, 5.74) is 0. The summed E-state index contributed by atoms with van der Waals surface area (Å²) < 4.78 is 6.93. The highest BCUT2D eigenvalue weighted by Crippen LogP contribution is 1.95. The van der Waals surface area contributed by atoms with E-state index in [-0.39, 0.29) is 12.0 Å². The molecule has 5 heteroatoms. The summed E-state index contributed by atoms with van der Waals surface area (Å²) in [6.45, 7) is 5.74. The van der Waals surface area contributed by atoms with Crippen LogP contribution in [-0.2, 0) is 16.1 Å². The lowest BCUT2D eigenvalue weighted by molar-refractivity contribution is -0.145. The Morgan fingerprint density at radius 3 is 2.94 bits per heavy atom. The minimum Gasteiger partial charge on any atom is -0.465 e. The molecule has 1 atom stereocenters. The molecule has 0 radical (unpaired) electrons. The second-order valence-corrected chi connectivity index (χ2v) is 3.47. The fraction of sp³-hybridized carbons (Fsp3) is 0.636. The van der Waals surface area contributed by atoms with Crippen molar-refractivity contribution in [1.29, 1.82) is 0 Å². The Morgan fingerprint density at radius 2 is 2.38 bits per heavy atom. The van der Waals surface area contributed by atoms with Crippen LogP contribution in [0.1, 0.15) is 20.3 Å². The number of carbonyl (C=O) groups excluding carboxylic acids is 1. The highest BCUT2D eigenvalue weighted by Gasteiger charge is 2.15. The molecule has 0 saturated heterocycles. The summed E-state index contributed by atoms with van der Waals surface area (Å²) in [5.74, 6) is -0.171. The molecule has 0 fully saturated rings. The monoisotopic (exact) mass is 225 g/mol. The van der Waals surface area contributed by atoms with Crippen LogP contribution in [-0.4, -0.2) is 34.7 Å². The number of hydrogen-bond acceptors (Lipinski definition) is 4. The molecule has 0 bridgehead atoms. The van der Waals surface area contributed by atoms with Crippen molar-refractivity contribution >= 4 is 5.97 Å². The van der Waals surface area contributed by atoms with Gasteiger partial charge in [-0.15, -0.1) is 0 Å². The highest BCUT2D eigenvalue weighted by molar-refractivity contribution is 5.75. The van der Waals surface area contributed by atoms with Crippen molar-refractivity contribution < 1.29 is 9.53 Å². The summed E-state index contributed by atoms with van der Waals surface area (Å²) in [6.07, 6.45) is 6.13. The Kier molecular flexibility index (Phi) is 5.56.